The second-order valence-electron chi connectivity index (χ2n) is 3.50. The van der Waals surface area contributed by atoms with Gasteiger partial charge in [-0.25, -0.2) is 26.3 Å². The normalized spacial score (nSPS) is 24.9. The molecule has 9 heteroatoms. The van der Waals surface area contributed by atoms with Crippen molar-refractivity contribution in [3.8, 4) is 0 Å². The maximum Gasteiger partial charge on any atom is 0.330 e. The summed E-state index contributed by atoms with van der Waals surface area (Å²) in [6, 6.07) is -1.81. The van der Waals surface area contributed by atoms with Crippen LogP contribution in [0.1, 0.15) is 12.8 Å². The zero-order valence-corrected chi connectivity index (χ0v) is 8.67. The number of carbonyl (C=O) groups is 2. The van der Waals surface area contributed by atoms with Gasteiger partial charge in [-0.15, -0.1) is 0 Å². The van der Waals surface area contributed by atoms with E-state index < -0.39 is 18.2 Å². The van der Waals surface area contributed by atoms with E-state index in [0.29, 0.717) is 12.8 Å². The van der Waals surface area contributed by atoms with Crippen LogP contribution in [0.3, 0.4) is 0 Å². The SMILES string of the molecule is NC(=O)N(N)C1C[CH]NC(N(N)C(N)=O)C1. The Labute approximate surface area is 92.6 Å². The van der Waals surface area contributed by atoms with Gasteiger partial charge in [-0.2, -0.15) is 0 Å². The van der Waals surface area contributed by atoms with Crippen LogP contribution < -0.4 is 28.5 Å². The lowest BCUT2D eigenvalue weighted by Crippen LogP contribution is -2.61. The summed E-state index contributed by atoms with van der Waals surface area (Å²) in [6.45, 7) is 1.66. The molecule has 0 saturated carbocycles. The number of nitrogens with two attached hydrogens (primary N) is 4. The molecule has 0 aromatic rings. The molecule has 1 radical (unpaired) electrons. The summed E-state index contributed by atoms with van der Waals surface area (Å²) in [5.74, 6) is 10.9. The summed E-state index contributed by atoms with van der Waals surface area (Å²) >= 11 is 0. The molecule has 0 aliphatic carbocycles. The molecule has 9 nitrogen and oxygen atoms in total. The highest BCUT2D eigenvalue weighted by Gasteiger charge is 2.30. The molecule has 91 valence electrons. The monoisotopic (exact) mass is 230 g/mol. The number of primary amides is 2. The molecule has 9 N–H and O–H groups in total. The minimum absolute atomic E-state index is 0.311. The predicted molar refractivity (Wildman–Crippen MR) is 55.5 cm³/mol. The molecule has 1 saturated heterocycles. The molecule has 1 fully saturated rings. The molecule has 1 heterocycles. The first kappa shape index (κ1) is 12.5. The Morgan fingerprint density at radius 2 is 1.75 bits per heavy atom. The Bertz CT molecular complexity index is 258. The fourth-order valence-electron chi connectivity index (χ4n) is 1.52. The third-order valence-corrected chi connectivity index (χ3v) is 2.43. The first-order valence-electron chi connectivity index (χ1n) is 4.68. The van der Waals surface area contributed by atoms with Gasteiger partial charge in [0.05, 0.1) is 6.04 Å². The Hall–Kier alpha value is -1.58. The highest BCUT2D eigenvalue weighted by molar-refractivity contribution is 5.72. The molecule has 1 rings (SSSR count). The molecular formula is C7H16N7O2. The van der Waals surface area contributed by atoms with Crippen molar-refractivity contribution in [1.29, 1.82) is 0 Å². The first-order valence-corrected chi connectivity index (χ1v) is 4.68. The number of nitrogens with zero attached hydrogens (tertiary/aromatic N) is 2. The smallest absolute Gasteiger partial charge is 0.330 e. The van der Waals surface area contributed by atoms with Gasteiger partial charge in [0, 0.05) is 13.0 Å². The highest BCUT2D eigenvalue weighted by Crippen LogP contribution is 2.16. The number of hydrazine groups is 2. The van der Waals surface area contributed by atoms with E-state index in [1.54, 1.807) is 6.54 Å². The fourth-order valence-corrected chi connectivity index (χ4v) is 1.52. The minimum Gasteiger partial charge on any atom is -0.350 e. The Kier molecular flexibility index (Phi) is 3.88. The van der Waals surface area contributed by atoms with Crippen molar-refractivity contribution in [2.45, 2.75) is 25.0 Å². The lowest BCUT2D eigenvalue weighted by molar-refractivity contribution is 0.116. The Morgan fingerprint density at radius 1 is 1.19 bits per heavy atom. The van der Waals surface area contributed by atoms with Crippen molar-refractivity contribution in [3.63, 3.8) is 0 Å². The van der Waals surface area contributed by atoms with Gasteiger partial charge >= 0.3 is 12.1 Å². The summed E-state index contributed by atoms with van der Waals surface area (Å²) in [5.41, 5.74) is 10.1. The van der Waals surface area contributed by atoms with E-state index in [-0.39, 0.29) is 6.04 Å². The average molecular weight is 230 g/mol. The van der Waals surface area contributed by atoms with E-state index >= 15 is 0 Å². The number of hydrogen-bond acceptors (Lipinski definition) is 5. The molecule has 1 aliphatic rings. The number of urea groups is 2. The summed E-state index contributed by atoms with van der Waals surface area (Å²) in [5, 5.41) is 4.63. The Balaban J connectivity index is 2.60. The van der Waals surface area contributed by atoms with Gasteiger partial charge in [0.15, 0.2) is 0 Å². The van der Waals surface area contributed by atoms with Gasteiger partial charge in [-0.1, -0.05) is 0 Å². The highest BCUT2D eigenvalue weighted by atomic mass is 16.2. The van der Waals surface area contributed by atoms with Crippen LogP contribution >= 0.6 is 0 Å². The molecule has 0 aromatic heterocycles. The molecule has 0 spiro atoms. The number of hydrogen-bond donors (Lipinski definition) is 5. The maximum atomic E-state index is 10.9. The summed E-state index contributed by atoms with van der Waals surface area (Å²) in [4.78, 5) is 21.7. The molecule has 0 bridgehead atoms. The average Bonchev–Trinajstić information content (AvgIpc) is 2.26. The predicted octanol–water partition coefficient (Wildman–Crippen LogP) is -2.26. The van der Waals surface area contributed by atoms with Gasteiger partial charge in [-0.3, -0.25) is 10.3 Å². The van der Waals surface area contributed by atoms with Crippen LogP contribution in [0.2, 0.25) is 0 Å². The lowest BCUT2D eigenvalue weighted by atomic mass is 10.0. The Morgan fingerprint density at radius 3 is 2.25 bits per heavy atom. The van der Waals surface area contributed by atoms with Gasteiger partial charge in [0.1, 0.15) is 6.17 Å². The van der Waals surface area contributed by atoms with Gasteiger partial charge < -0.3 is 11.5 Å². The molecule has 16 heavy (non-hydrogen) atoms. The third-order valence-electron chi connectivity index (χ3n) is 2.43. The minimum atomic E-state index is -0.769. The van der Waals surface area contributed by atoms with Crippen molar-refractivity contribution in [2.75, 3.05) is 0 Å². The molecule has 4 amide bonds. The first-order chi connectivity index (χ1) is 7.43. The molecule has 2 atom stereocenters. The van der Waals surface area contributed by atoms with Crippen LogP contribution in [0.15, 0.2) is 0 Å². The van der Waals surface area contributed by atoms with Crippen molar-refractivity contribution < 1.29 is 9.59 Å². The van der Waals surface area contributed by atoms with E-state index in [2.05, 4.69) is 5.32 Å². The van der Waals surface area contributed by atoms with E-state index in [0.717, 1.165) is 10.0 Å². The summed E-state index contributed by atoms with van der Waals surface area (Å²) in [7, 11) is 0. The van der Waals surface area contributed by atoms with Crippen molar-refractivity contribution in [1.82, 2.24) is 15.3 Å². The van der Waals surface area contributed by atoms with Crippen LogP contribution in [0.5, 0.6) is 0 Å². The summed E-state index contributed by atoms with van der Waals surface area (Å²) < 4.78 is 0. The summed E-state index contributed by atoms with van der Waals surface area (Å²) in [6.07, 6.45) is 0.374. The number of rotatable bonds is 2. The second-order valence-corrected chi connectivity index (χ2v) is 3.50. The van der Waals surface area contributed by atoms with Gasteiger partial charge in [0.25, 0.3) is 0 Å². The molecule has 2 unspecified atom stereocenters. The van der Waals surface area contributed by atoms with Gasteiger partial charge in [-0.05, 0) is 6.42 Å². The zero-order chi connectivity index (χ0) is 12.3. The van der Waals surface area contributed by atoms with Crippen molar-refractivity contribution in [3.05, 3.63) is 6.54 Å². The lowest BCUT2D eigenvalue weighted by Gasteiger charge is -2.37. The largest absolute Gasteiger partial charge is 0.350 e. The van der Waals surface area contributed by atoms with Crippen LogP contribution in [-0.4, -0.2) is 34.3 Å². The van der Waals surface area contributed by atoms with Crippen LogP contribution in [-0.2, 0) is 0 Å². The topological polar surface area (TPSA) is 157 Å². The van der Waals surface area contributed by atoms with E-state index in [1.165, 1.54) is 0 Å². The number of piperidine rings is 1. The van der Waals surface area contributed by atoms with Crippen LogP contribution in [0.4, 0.5) is 9.59 Å². The van der Waals surface area contributed by atoms with E-state index in [9.17, 15) is 9.59 Å². The third kappa shape index (κ3) is 2.72. The molecule has 0 aromatic carbocycles. The fraction of sp³-hybridized carbons (Fsp3) is 0.571. The second kappa shape index (κ2) is 4.96. The standard InChI is InChI=1S/C7H16N7O2/c8-6(15)13(10)4-1-2-12-5(3-4)14(11)7(9)16/h2,4-5,12H,1,3,10-11H2,(H2,8,15)(H2,9,16). The number of nitrogens with one attached hydrogen (secondary N) is 1. The quantitative estimate of drug-likeness (QED) is 0.205. The zero-order valence-electron chi connectivity index (χ0n) is 8.67. The van der Waals surface area contributed by atoms with Crippen LogP contribution in [0.25, 0.3) is 0 Å². The van der Waals surface area contributed by atoms with Crippen LogP contribution in [0, 0.1) is 6.54 Å². The molecular weight excluding hydrogens is 214 g/mol. The number of carbonyl (C=O) groups excluding carboxylic acids is 2. The van der Waals surface area contributed by atoms with Gasteiger partial charge in [0.2, 0.25) is 0 Å². The van der Waals surface area contributed by atoms with Crippen molar-refractivity contribution in [2.24, 2.45) is 23.2 Å². The molecule has 1 aliphatic heterocycles. The van der Waals surface area contributed by atoms with E-state index in [4.69, 9.17) is 23.2 Å². The number of amides is 4. The van der Waals surface area contributed by atoms with Crippen molar-refractivity contribution >= 4 is 12.1 Å². The maximum absolute atomic E-state index is 10.9. The van der Waals surface area contributed by atoms with E-state index in [1.807, 2.05) is 0 Å².